The Morgan fingerprint density at radius 1 is 1.31 bits per heavy atom. The highest BCUT2D eigenvalue weighted by atomic mass is 35.5. The topological polar surface area (TPSA) is 37.8 Å². The third-order valence-electron chi connectivity index (χ3n) is 1.60. The van der Waals surface area contributed by atoms with Gasteiger partial charge in [0.2, 0.25) is 5.28 Å². The van der Waals surface area contributed by atoms with Crippen molar-refractivity contribution >= 4 is 29.0 Å². The quantitative estimate of drug-likeness (QED) is 0.628. The van der Waals surface area contributed by atoms with Gasteiger partial charge in [-0.1, -0.05) is 18.5 Å². The minimum Gasteiger partial charge on any atom is -0.370 e. The largest absolute Gasteiger partial charge is 0.370 e. The number of halogens is 2. The molecule has 0 saturated heterocycles. The number of anilines is 1. The average molecular weight is 220 g/mol. The fourth-order valence-electron chi connectivity index (χ4n) is 0.879. The molecule has 13 heavy (non-hydrogen) atoms. The third-order valence-corrected chi connectivity index (χ3v) is 2.14. The molecule has 0 radical (unpaired) electrons. The van der Waals surface area contributed by atoms with Crippen LogP contribution in [0.5, 0.6) is 0 Å². The van der Waals surface area contributed by atoms with Crippen LogP contribution in [0.3, 0.4) is 0 Å². The molecule has 1 heterocycles. The molecule has 0 saturated carbocycles. The van der Waals surface area contributed by atoms with Crippen molar-refractivity contribution in [3.63, 3.8) is 0 Å². The minimum absolute atomic E-state index is 0.175. The van der Waals surface area contributed by atoms with Crippen molar-refractivity contribution in [2.24, 2.45) is 0 Å². The average Bonchev–Trinajstić information content (AvgIpc) is 2.09. The molecule has 5 heteroatoms. The van der Waals surface area contributed by atoms with E-state index in [9.17, 15) is 0 Å². The maximum absolute atomic E-state index is 5.82. The molecule has 0 bridgehead atoms. The van der Waals surface area contributed by atoms with Gasteiger partial charge in [0.1, 0.15) is 11.0 Å². The second-order valence-corrected chi connectivity index (χ2v) is 3.38. The van der Waals surface area contributed by atoms with E-state index >= 15 is 0 Å². The highest BCUT2D eigenvalue weighted by Gasteiger charge is 2.06. The van der Waals surface area contributed by atoms with Crippen LogP contribution in [0.2, 0.25) is 10.4 Å². The summed E-state index contributed by atoms with van der Waals surface area (Å²) in [6, 6.07) is 0. The van der Waals surface area contributed by atoms with Gasteiger partial charge < -0.3 is 5.32 Å². The molecule has 0 aliphatic rings. The van der Waals surface area contributed by atoms with Crippen molar-refractivity contribution in [2.45, 2.75) is 20.3 Å². The van der Waals surface area contributed by atoms with Gasteiger partial charge in [0.25, 0.3) is 0 Å². The lowest BCUT2D eigenvalue weighted by atomic mass is 10.3. The lowest BCUT2D eigenvalue weighted by Crippen LogP contribution is -2.05. The Hall–Kier alpha value is -0.540. The molecule has 0 spiro atoms. The van der Waals surface area contributed by atoms with Gasteiger partial charge in [0.15, 0.2) is 0 Å². The summed E-state index contributed by atoms with van der Waals surface area (Å²) in [6.07, 6.45) is 1.03. The van der Waals surface area contributed by atoms with E-state index in [0.29, 0.717) is 11.0 Å². The fraction of sp³-hybridized carbons (Fsp3) is 0.500. The smallest absolute Gasteiger partial charge is 0.225 e. The summed E-state index contributed by atoms with van der Waals surface area (Å²) in [5, 5.41) is 3.70. The monoisotopic (exact) mass is 219 g/mol. The Bertz CT molecular complexity index is 302. The van der Waals surface area contributed by atoms with E-state index in [1.807, 2.05) is 6.92 Å². The lowest BCUT2D eigenvalue weighted by molar-refractivity contribution is 0.959. The molecule has 0 aliphatic heterocycles. The van der Waals surface area contributed by atoms with Crippen molar-refractivity contribution in [1.82, 2.24) is 9.97 Å². The second-order valence-electron chi connectivity index (χ2n) is 2.68. The van der Waals surface area contributed by atoms with E-state index < -0.39 is 0 Å². The van der Waals surface area contributed by atoms with Crippen LogP contribution in [0.25, 0.3) is 0 Å². The minimum atomic E-state index is 0.175. The Morgan fingerprint density at radius 3 is 2.62 bits per heavy atom. The van der Waals surface area contributed by atoms with Crippen LogP contribution < -0.4 is 5.32 Å². The van der Waals surface area contributed by atoms with E-state index in [1.54, 1.807) is 0 Å². The predicted octanol–water partition coefficient (Wildman–Crippen LogP) is 2.91. The Kier molecular flexibility index (Phi) is 3.75. The van der Waals surface area contributed by atoms with Crippen molar-refractivity contribution in [2.75, 3.05) is 11.9 Å². The zero-order chi connectivity index (χ0) is 9.84. The first-order chi connectivity index (χ1) is 6.15. The van der Waals surface area contributed by atoms with Gasteiger partial charge in [-0.05, 0) is 24.9 Å². The number of aromatic nitrogens is 2. The van der Waals surface area contributed by atoms with Gasteiger partial charge in [-0.3, -0.25) is 0 Å². The standard InChI is InChI=1S/C8H11Cl2N3/c1-3-4-11-7-5(2)6(9)12-8(10)13-7/h3-4H2,1-2H3,(H,11,12,13). The zero-order valence-corrected chi connectivity index (χ0v) is 9.08. The number of nitrogens with one attached hydrogen (secondary N) is 1. The Balaban J connectivity index is 2.92. The van der Waals surface area contributed by atoms with Gasteiger partial charge in [-0.25, -0.2) is 9.97 Å². The van der Waals surface area contributed by atoms with Crippen LogP contribution in [-0.4, -0.2) is 16.5 Å². The van der Waals surface area contributed by atoms with Crippen molar-refractivity contribution in [3.8, 4) is 0 Å². The maximum Gasteiger partial charge on any atom is 0.225 e. The van der Waals surface area contributed by atoms with Gasteiger partial charge in [0.05, 0.1) is 0 Å². The van der Waals surface area contributed by atoms with Gasteiger partial charge >= 0.3 is 0 Å². The SMILES string of the molecule is CCCNc1nc(Cl)nc(Cl)c1C. The Labute approximate surface area is 87.5 Å². The molecule has 0 unspecified atom stereocenters. The summed E-state index contributed by atoms with van der Waals surface area (Å²) in [7, 11) is 0. The highest BCUT2D eigenvalue weighted by Crippen LogP contribution is 2.21. The van der Waals surface area contributed by atoms with Crippen LogP contribution >= 0.6 is 23.2 Å². The molecule has 72 valence electrons. The molecule has 0 aromatic carbocycles. The maximum atomic E-state index is 5.82. The number of hydrogen-bond acceptors (Lipinski definition) is 3. The van der Waals surface area contributed by atoms with E-state index in [0.717, 1.165) is 18.5 Å². The molecule has 0 fully saturated rings. The summed E-state index contributed by atoms with van der Waals surface area (Å²) in [5.41, 5.74) is 0.833. The zero-order valence-electron chi connectivity index (χ0n) is 7.56. The molecule has 0 atom stereocenters. The summed E-state index contributed by atoms with van der Waals surface area (Å²) in [5.74, 6) is 0.715. The first-order valence-electron chi connectivity index (χ1n) is 4.08. The second kappa shape index (κ2) is 4.63. The number of nitrogens with zero attached hydrogens (tertiary/aromatic N) is 2. The first-order valence-corrected chi connectivity index (χ1v) is 4.84. The molecule has 1 rings (SSSR count). The predicted molar refractivity (Wildman–Crippen MR) is 55.6 cm³/mol. The molecule has 1 N–H and O–H groups in total. The van der Waals surface area contributed by atoms with Crippen LogP contribution in [0.4, 0.5) is 5.82 Å². The van der Waals surface area contributed by atoms with E-state index in [-0.39, 0.29) is 5.28 Å². The van der Waals surface area contributed by atoms with Gasteiger partial charge in [-0.15, -0.1) is 0 Å². The number of rotatable bonds is 3. The van der Waals surface area contributed by atoms with Crippen LogP contribution in [-0.2, 0) is 0 Å². The lowest BCUT2D eigenvalue weighted by Gasteiger charge is -2.07. The van der Waals surface area contributed by atoms with Crippen LogP contribution in [0.1, 0.15) is 18.9 Å². The first kappa shape index (κ1) is 10.5. The fourth-order valence-corrected chi connectivity index (χ4v) is 1.26. The summed E-state index contributed by atoms with van der Waals surface area (Å²) in [6.45, 7) is 4.79. The van der Waals surface area contributed by atoms with Crippen LogP contribution in [0, 0.1) is 6.92 Å². The Morgan fingerprint density at radius 2 is 2.00 bits per heavy atom. The third kappa shape index (κ3) is 2.71. The molecule has 0 amide bonds. The van der Waals surface area contributed by atoms with Gasteiger partial charge in [0, 0.05) is 12.1 Å². The van der Waals surface area contributed by atoms with Crippen molar-refractivity contribution < 1.29 is 0 Å². The summed E-state index contributed by atoms with van der Waals surface area (Å²) < 4.78 is 0. The molecular formula is C8H11Cl2N3. The number of hydrogen-bond donors (Lipinski definition) is 1. The molecule has 3 nitrogen and oxygen atoms in total. The molecule has 1 aromatic heterocycles. The van der Waals surface area contributed by atoms with Gasteiger partial charge in [-0.2, -0.15) is 0 Å². The van der Waals surface area contributed by atoms with E-state index in [2.05, 4.69) is 22.2 Å². The summed E-state index contributed by atoms with van der Waals surface area (Å²) in [4.78, 5) is 7.85. The van der Waals surface area contributed by atoms with E-state index in [1.165, 1.54) is 0 Å². The van der Waals surface area contributed by atoms with E-state index in [4.69, 9.17) is 23.2 Å². The van der Waals surface area contributed by atoms with Crippen molar-refractivity contribution in [1.29, 1.82) is 0 Å². The van der Waals surface area contributed by atoms with Crippen LogP contribution in [0.15, 0.2) is 0 Å². The summed E-state index contributed by atoms with van der Waals surface area (Å²) >= 11 is 11.5. The molecule has 0 aliphatic carbocycles. The normalized spacial score (nSPS) is 10.2. The molecule has 1 aromatic rings. The highest BCUT2D eigenvalue weighted by molar-refractivity contribution is 6.32. The van der Waals surface area contributed by atoms with Crippen molar-refractivity contribution in [3.05, 3.63) is 16.0 Å². The molecular weight excluding hydrogens is 209 g/mol.